The summed E-state index contributed by atoms with van der Waals surface area (Å²) in [5.74, 6) is -0.561. The van der Waals surface area contributed by atoms with E-state index in [9.17, 15) is 18.4 Å². The topological polar surface area (TPSA) is 71.5 Å². The van der Waals surface area contributed by atoms with Crippen LogP contribution in [0.5, 0.6) is 0 Å². The van der Waals surface area contributed by atoms with Crippen LogP contribution in [0.25, 0.3) is 10.9 Å². The second-order valence-electron chi connectivity index (χ2n) is 11.1. The Kier molecular flexibility index (Phi) is 9.35. The Bertz CT molecular complexity index is 1400. The highest BCUT2D eigenvalue weighted by molar-refractivity contribution is 9.10. The van der Waals surface area contributed by atoms with Gasteiger partial charge in [0.1, 0.15) is 11.4 Å². The predicted molar refractivity (Wildman–Crippen MR) is 158 cm³/mol. The van der Waals surface area contributed by atoms with E-state index in [1.807, 2.05) is 45.0 Å². The SMILES string of the molecule is Cc1c(N2C[C@H](F)[C@@H](F)C2)nc2ccc(Br)cc2c1C(=O)NCC(CCC(=O)OC(C)(C)C)c1ccccc1Cl. The predicted octanol–water partition coefficient (Wildman–Crippen LogP) is 7.09. The van der Waals surface area contributed by atoms with Gasteiger partial charge in [0.25, 0.3) is 5.91 Å². The van der Waals surface area contributed by atoms with Crippen molar-refractivity contribution in [2.45, 2.75) is 64.4 Å². The third-order valence-corrected chi connectivity index (χ3v) is 7.68. The van der Waals surface area contributed by atoms with Gasteiger partial charge < -0.3 is 15.0 Å². The van der Waals surface area contributed by atoms with Crippen LogP contribution in [0, 0.1) is 6.92 Å². The number of alkyl halides is 2. The van der Waals surface area contributed by atoms with Crippen molar-refractivity contribution in [3.05, 3.63) is 68.7 Å². The maximum absolute atomic E-state index is 14.1. The molecule has 6 nitrogen and oxygen atoms in total. The normalized spacial score (nSPS) is 18.1. The first kappa shape index (κ1) is 30.2. The van der Waals surface area contributed by atoms with Crippen molar-refractivity contribution in [1.82, 2.24) is 10.3 Å². The molecule has 2 heterocycles. The minimum absolute atomic E-state index is 0.128. The Labute approximate surface area is 246 Å². The van der Waals surface area contributed by atoms with Crippen molar-refractivity contribution in [2.75, 3.05) is 24.5 Å². The number of hydrogen-bond acceptors (Lipinski definition) is 5. The molecule has 2 aromatic carbocycles. The molecule has 1 amide bonds. The van der Waals surface area contributed by atoms with Gasteiger partial charge in [-0.25, -0.2) is 13.8 Å². The molecule has 4 rings (SSSR count). The van der Waals surface area contributed by atoms with Crippen molar-refractivity contribution < 1.29 is 23.1 Å². The fourth-order valence-electron chi connectivity index (χ4n) is 4.98. The average molecular weight is 637 g/mol. The molecule has 214 valence electrons. The molecule has 1 N–H and O–H groups in total. The van der Waals surface area contributed by atoms with Gasteiger partial charge in [-0.3, -0.25) is 9.59 Å². The van der Waals surface area contributed by atoms with Crippen LogP contribution in [-0.4, -0.2) is 54.4 Å². The number of fused-ring (bicyclic) bond motifs is 1. The smallest absolute Gasteiger partial charge is 0.306 e. The number of carbonyl (C=O) groups is 2. The summed E-state index contributed by atoms with van der Waals surface area (Å²) in [4.78, 5) is 32.5. The van der Waals surface area contributed by atoms with Crippen LogP contribution in [0.4, 0.5) is 14.6 Å². The van der Waals surface area contributed by atoms with E-state index in [-0.39, 0.29) is 43.8 Å². The van der Waals surface area contributed by atoms with Gasteiger partial charge in [0.05, 0.1) is 24.2 Å². The van der Waals surface area contributed by atoms with Gasteiger partial charge in [-0.15, -0.1) is 0 Å². The van der Waals surface area contributed by atoms with E-state index in [0.29, 0.717) is 39.3 Å². The van der Waals surface area contributed by atoms with Crippen LogP contribution in [0.3, 0.4) is 0 Å². The molecular weight excluding hydrogens is 604 g/mol. The zero-order valence-electron chi connectivity index (χ0n) is 22.9. The Balaban J connectivity index is 1.63. The highest BCUT2D eigenvalue weighted by Gasteiger charge is 2.35. The molecule has 40 heavy (non-hydrogen) atoms. The van der Waals surface area contributed by atoms with Crippen molar-refractivity contribution in [1.29, 1.82) is 0 Å². The number of amides is 1. The maximum Gasteiger partial charge on any atom is 0.306 e. The first-order valence-electron chi connectivity index (χ1n) is 13.2. The maximum atomic E-state index is 14.1. The van der Waals surface area contributed by atoms with Crippen LogP contribution >= 0.6 is 27.5 Å². The standard InChI is InChI=1S/C30H33BrClF2N3O3/c1-17-27(21-13-19(31)10-11-25(21)36-28(17)37-15-23(33)24(34)16-37)29(39)35-14-18(20-7-5-6-8-22(20)32)9-12-26(38)40-30(2,3)4/h5-8,10-11,13,18,23-24H,9,12,14-16H2,1-4H3,(H,35,39)/t18?,23-,24-/m0/s1. The first-order chi connectivity index (χ1) is 18.8. The third-order valence-electron chi connectivity index (χ3n) is 6.84. The lowest BCUT2D eigenvalue weighted by molar-refractivity contribution is -0.155. The number of rotatable bonds is 8. The van der Waals surface area contributed by atoms with Gasteiger partial charge in [0, 0.05) is 39.3 Å². The summed E-state index contributed by atoms with van der Waals surface area (Å²) < 4.78 is 34.4. The van der Waals surface area contributed by atoms with Crippen molar-refractivity contribution in [2.24, 2.45) is 0 Å². The summed E-state index contributed by atoms with van der Waals surface area (Å²) in [5, 5.41) is 4.18. The molecule has 1 aliphatic heterocycles. The third kappa shape index (κ3) is 7.10. The highest BCUT2D eigenvalue weighted by atomic mass is 79.9. The van der Waals surface area contributed by atoms with Gasteiger partial charge in [0.15, 0.2) is 12.3 Å². The number of nitrogens with one attached hydrogen (secondary N) is 1. The molecule has 0 bridgehead atoms. The molecule has 3 atom stereocenters. The number of esters is 1. The van der Waals surface area contributed by atoms with Crippen LogP contribution in [-0.2, 0) is 9.53 Å². The molecule has 1 aliphatic rings. The Hall–Kier alpha value is -2.78. The Morgan fingerprint density at radius 2 is 1.85 bits per heavy atom. The van der Waals surface area contributed by atoms with Crippen LogP contribution < -0.4 is 10.2 Å². The molecule has 1 aromatic heterocycles. The fourth-order valence-corrected chi connectivity index (χ4v) is 5.63. The number of pyridine rings is 1. The molecule has 0 saturated carbocycles. The van der Waals surface area contributed by atoms with E-state index < -0.39 is 17.9 Å². The lowest BCUT2D eigenvalue weighted by Crippen LogP contribution is -2.31. The summed E-state index contributed by atoms with van der Waals surface area (Å²) >= 11 is 9.97. The van der Waals surface area contributed by atoms with Crippen molar-refractivity contribution >= 4 is 56.1 Å². The summed E-state index contributed by atoms with van der Waals surface area (Å²) in [6, 6.07) is 12.7. The molecule has 1 fully saturated rings. The summed E-state index contributed by atoms with van der Waals surface area (Å²) in [6.07, 6.45) is -2.66. The minimum Gasteiger partial charge on any atom is -0.460 e. The fraction of sp³-hybridized carbons (Fsp3) is 0.433. The van der Waals surface area contributed by atoms with Gasteiger partial charge in [-0.1, -0.05) is 45.7 Å². The molecular formula is C30H33BrClF2N3O3. The van der Waals surface area contributed by atoms with E-state index in [2.05, 4.69) is 26.2 Å². The second-order valence-corrected chi connectivity index (χ2v) is 12.4. The van der Waals surface area contributed by atoms with E-state index >= 15 is 0 Å². The largest absolute Gasteiger partial charge is 0.460 e. The van der Waals surface area contributed by atoms with Crippen molar-refractivity contribution in [3.63, 3.8) is 0 Å². The van der Waals surface area contributed by atoms with E-state index in [0.717, 1.165) is 10.0 Å². The summed E-state index contributed by atoms with van der Waals surface area (Å²) in [6.45, 7) is 7.14. The number of anilines is 1. The number of carbonyl (C=O) groups excluding carboxylic acids is 2. The number of halogens is 4. The number of aromatic nitrogens is 1. The Morgan fingerprint density at radius 1 is 1.18 bits per heavy atom. The first-order valence-corrected chi connectivity index (χ1v) is 14.4. The van der Waals surface area contributed by atoms with Gasteiger partial charge in [0.2, 0.25) is 0 Å². The summed E-state index contributed by atoms with van der Waals surface area (Å²) in [5.41, 5.74) is 1.67. The van der Waals surface area contributed by atoms with Gasteiger partial charge in [-0.05, 0) is 63.9 Å². The second kappa shape index (κ2) is 12.4. The summed E-state index contributed by atoms with van der Waals surface area (Å²) in [7, 11) is 0. The molecule has 3 aromatic rings. The lowest BCUT2D eigenvalue weighted by Gasteiger charge is -2.24. The van der Waals surface area contributed by atoms with Crippen LogP contribution in [0.15, 0.2) is 46.9 Å². The van der Waals surface area contributed by atoms with E-state index in [1.165, 1.54) is 0 Å². The van der Waals surface area contributed by atoms with Crippen molar-refractivity contribution in [3.8, 4) is 0 Å². The monoisotopic (exact) mass is 635 g/mol. The number of ether oxygens (including phenoxy) is 1. The highest BCUT2D eigenvalue weighted by Crippen LogP contribution is 2.34. The van der Waals surface area contributed by atoms with Crippen LogP contribution in [0.1, 0.15) is 61.0 Å². The average Bonchev–Trinajstić information content (AvgIpc) is 3.20. The van der Waals surface area contributed by atoms with Gasteiger partial charge >= 0.3 is 5.97 Å². The Morgan fingerprint density at radius 3 is 2.50 bits per heavy atom. The molecule has 0 aliphatic carbocycles. The lowest BCUT2D eigenvalue weighted by atomic mass is 9.93. The van der Waals surface area contributed by atoms with Gasteiger partial charge in [-0.2, -0.15) is 0 Å². The van der Waals surface area contributed by atoms with Crippen LogP contribution in [0.2, 0.25) is 5.02 Å². The molecule has 1 unspecified atom stereocenters. The zero-order chi connectivity index (χ0) is 29.2. The molecule has 1 saturated heterocycles. The molecule has 0 radical (unpaired) electrons. The van der Waals surface area contributed by atoms with E-state index in [1.54, 1.807) is 30.0 Å². The number of nitrogens with zero attached hydrogens (tertiary/aromatic N) is 2. The number of benzene rings is 2. The zero-order valence-corrected chi connectivity index (χ0v) is 25.3. The quantitative estimate of drug-likeness (QED) is 0.267. The number of hydrogen-bond donors (Lipinski definition) is 1. The minimum atomic E-state index is -1.61. The van der Waals surface area contributed by atoms with E-state index in [4.69, 9.17) is 16.3 Å². The molecule has 10 heteroatoms. The molecule has 0 spiro atoms.